The van der Waals surface area contributed by atoms with E-state index in [2.05, 4.69) is 10.3 Å². The molecule has 2 aromatic rings. The molecule has 1 amide bonds. The smallest absolute Gasteiger partial charge is 0.264 e. The number of carbonyl (C=O) groups is 1. The van der Waals surface area contributed by atoms with E-state index in [4.69, 9.17) is 5.26 Å². The Hall–Kier alpha value is -2.18. The predicted octanol–water partition coefficient (Wildman–Crippen LogP) is 3.30. The van der Waals surface area contributed by atoms with Gasteiger partial charge in [-0.25, -0.2) is 13.8 Å². The number of hydrogen-bond acceptors (Lipinski definition) is 6. The summed E-state index contributed by atoms with van der Waals surface area (Å²) >= 11 is 2.40. The molecule has 0 bridgehead atoms. The molecule has 0 radical (unpaired) electrons. The number of aromatic hydroxyl groups is 1. The first-order valence-electron chi connectivity index (χ1n) is 5.89. The molecular weight excluding hydrogens is 332 g/mol. The Bertz CT molecular complexity index is 748. The molecule has 9 heteroatoms. The molecule has 0 aliphatic carbocycles. The summed E-state index contributed by atoms with van der Waals surface area (Å²) in [5, 5.41) is 20.6. The van der Waals surface area contributed by atoms with Crippen LogP contribution in [-0.4, -0.2) is 21.8 Å². The van der Waals surface area contributed by atoms with Crippen LogP contribution >= 0.6 is 23.1 Å². The fraction of sp³-hybridized carbons (Fsp3) is 0.154. The fourth-order valence-corrected chi connectivity index (χ4v) is 3.41. The number of anilines is 1. The molecule has 2 rings (SSSR count). The molecule has 2 N–H and O–H groups in total. The molecule has 0 aliphatic heterocycles. The van der Waals surface area contributed by atoms with Gasteiger partial charge in [0.2, 0.25) is 0 Å². The van der Waals surface area contributed by atoms with E-state index in [0.29, 0.717) is 17.8 Å². The number of halogens is 2. The zero-order valence-corrected chi connectivity index (χ0v) is 12.8. The number of benzene rings is 1. The molecule has 1 heterocycles. The molecular formula is C13H9F2N3O2S2. The fourth-order valence-electron chi connectivity index (χ4n) is 1.61. The minimum Gasteiger partial charge on any atom is -0.507 e. The van der Waals surface area contributed by atoms with Crippen molar-refractivity contribution < 1.29 is 18.7 Å². The number of thioether (sulfide) groups is 1. The number of aryl methyl sites for hydroxylation is 1. The topological polar surface area (TPSA) is 86.0 Å². The molecule has 0 spiro atoms. The highest BCUT2D eigenvalue weighted by atomic mass is 32.2. The highest BCUT2D eigenvalue weighted by molar-refractivity contribution is 8.01. The number of phenolic OH excluding ortho intramolecular Hbond substituents is 1. The van der Waals surface area contributed by atoms with Gasteiger partial charge in [-0.05, 0) is 6.92 Å². The van der Waals surface area contributed by atoms with Gasteiger partial charge in [0, 0.05) is 12.1 Å². The maximum Gasteiger partial charge on any atom is 0.264 e. The average molecular weight is 341 g/mol. The van der Waals surface area contributed by atoms with Gasteiger partial charge in [0.25, 0.3) is 5.91 Å². The zero-order valence-electron chi connectivity index (χ0n) is 11.2. The number of nitriles is 1. The Labute approximate surface area is 132 Å². The predicted molar refractivity (Wildman–Crippen MR) is 79.2 cm³/mol. The first-order chi connectivity index (χ1) is 10.4. The Kier molecular flexibility index (Phi) is 4.95. The second-order valence-electron chi connectivity index (χ2n) is 4.07. The third-order valence-corrected chi connectivity index (χ3v) is 4.81. The molecule has 5 nitrogen and oxygen atoms in total. The van der Waals surface area contributed by atoms with Gasteiger partial charge in [-0.2, -0.15) is 5.26 Å². The molecule has 0 unspecified atom stereocenters. The van der Waals surface area contributed by atoms with Crippen LogP contribution in [0.1, 0.15) is 16.1 Å². The quantitative estimate of drug-likeness (QED) is 0.833. The molecule has 0 fully saturated rings. The van der Waals surface area contributed by atoms with Crippen LogP contribution in [0.15, 0.2) is 16.3 Å². The SMILES string of the molecule is Cc1nc(NC(=O)c2c(O)cc(F)cc2F)sc1SCC#N. The van der Waals surface area contributed by atoms with Crippen molar-refractivity contribution in [1.29, 1.82) is 5.26 Å². The number of nitrogens with zero attached hydrogens (tertiary/aromatic N) is 2. The van der Waals surface area contributed by atoms with Crippen molar-refractivity contribution in [2.24, 2.45) is 0 Å². The largest absolute Gasteiger partial charge is 0.507 e. The van der Waals surface area contributed by atoms with E-state index < -0.39 is 28.9 Å². The van der Waals surface area contributed by atoms with E-state index in [1.165, 1.54) is 11.8 Å². The van der Waals surface area contributed by atoms with E-state index in [-0.39, 0.29) is 10.9 Å². The lowest BCUT2D eigenvalue weighted by Crippen LogP contribution is -2.14. The highest BCUT2D eigenvalue weighted by Gasteiger charge is 2.20. The summed E-state index contributed by atoms with van der Waals surface area (Å²) in [6, 6.07) is 3.14. The van der Waals surface area contributed by atoms with E-state index in [1.807, 2.05) is 6.07 Å². The van der Waals surface area contributed by atoms with Gasteiger partial charge in [0.1, 0.15) is 22.9 Å². The summed E-state index contributed by atoms with van der Waals surface area (Å²) in [6.45, 7) is 1.71. The van der Waals surface area contributed by atoms with Gasteiger partial charge in [-0.1, -0.05) is 23.1 Å². The molecule has 0 saturated heterocycles. The molecule has 0 saturated carbocycles. The maximum absolute atomic E-state index is 13.6. The second kappa shape index (κ2) is 6.72. The van der Waals surface area contributed by atoms with Crippen molar-refractivity contribution in [2.45, 2.75) is 11.1 Å². The van der Waals surface area contributed by atoms with Crippen molar-refractivity contribution in [3.63, 3.8) is 0 Å². The normalized spacial score (nSPS) is 10.3. The molecule has 1 aromatic carbocycles. The Morgan fingerprint density at radius 1 is 1.55 bits per heavy atom. The van der Waals surface area contributed by atoms with Crippen molar-refractivity contribution in [1.82, 2.24) is 4.98 Å². The second-order valence-corrected chi connectivity index (χ2v) is 6.32. The maximum atomic E-state index is 13.6. The number of aromatic nitrogens is 1. The Morgan fingerprint density at radius 3 is 2.91 bits per heavy atom. The van der Waals surface area contributed by atoms with Crippen LogP contribution in [0.25, 0.3) is 0 Å². The van der Waals surface area contributed by atoms with Gasteiger partial charge >= 0.3 is 0 Å². The molecule has 0 atom stereocenters. The van der Waals surface area contributed by atoms with E-state index in [9.17, 15) is 18.7 Å². The number of amides is 1. The van der Waals surface area contributed by atoms with Gasteiger partial charge in [-0.15, -0.1) is 0 Å². The number of carbonyl (C=O) groups excluding carboxylic acids is 1. The number of thiazole rings is 1. The van der Waals surface area contributed by atoms with Crippen LogP contribution in [-0.2, 0) is 0 Å². The first-order valence-corrected chi connectivity index (χ1v) is 7.69. The highest BCUT2D eigenvalue weighted by Crippen LogP contribution is 2.32. The van der Waals surface area contributed by atoms with Crippen LogP contribution < -0.4 is 5.32 Å². The summed E-state index contributed by atoms with van der Waals surface area (Å²) in [4.78, 5) is 16.1. The average Bonchev–Trinajstić information content (AvgIpc) is 2.75. The van der Waals surface area contributed by atoms with Gasteiger partial charge in [-0.3, -0.25) is 10.1 Å². The van der Waals surface area contributed by atoms with Gasteiger partial charge in [0.05, 0.1) is 21.7 Å². The van der Waals surface area contributed by atoms with E-state index >= 15 is 0 Å². The number of phenols is 1. The number of nitrogens with one attached hydrogen (secondary N) is 1. The first kappa shape index (κ1) is 16.2. The van der Waals surface area contributed by atoms with E-state index in [0.717, 1.165) is 15.5 Å². The summed E-state index contributed by atoms with van der Waals surface area (Å²) in [6.07, 6.45) is 0. The van der Waals surface area contributed by atoms with Crippen LogP contribution in [0.5, 0.6) is 5.75 Å². The Morgan fingerprint density at radius 2 is 2.27 bits per heavy atom. The monoisotopic (exact) mass is 341 g/mol. The minimum atomic E-state index is -1.16. The lowest BCUT2D eigenvalue weighted by Gasteiger charge is -2.05. The summed E-state index contributed by atoms with van der Waals surface area (Å²) in [7, 11) is 0. The summed E-state index contributed by atoms with van der Waals surface area (Å²) in [5.74, 6) is -3.62. The third-order valence-electron chi connectivity index (χ3n) is 2.50. The van der Waals surface area contributed by atoms with Crippen LogP contribution in [0.4, 0.5) is 13.9 Å². The zero-order chi connectivity index (χ0) is 16.3. The lowest BCUT2D eigenvalue weighted by molar-refractivity contribution is 0.102. The molecule has 22 heavy (non-hydrogen) atoms. The van der Waals surface area contributed by atoms with E-state index in [1.54, 1.807) is 6.92 Å². The number of rotatable bonds is 4. The Balaban J connectivity index is 2.21. The van der Waals surface area contributed by atoms with Crippen LogP contribution in [0.2, 0.25) is 0 Å². The third kappa shape index (κ3) is 3.52. The van der Waals surface area contributed by atoms with Crippen molar-refractivity contribution in [3.05, 3.63) is 35.0 Å². The van der Waals surface area contributed by atoms with Crippen molar-refractivity contribution in [3.8, 4) is 11.8 Å². The van der Waals surface area contributed by atoms with Crippen LogP contribution in [0, 0.1) is 29.9 Å². The van der Waals surface area contributed by atoms with Gasteiger partial charge < -0.3 is 5.11 Å². The molecule has 0 aliphatic rings. The van der Waals surface area contributed by atoms with Crippen LogP contribution in [0.3, 0.4) is 0 Å². The van der Waals surface area contributed by atoms with Crippen molar-refractivity contribution >= 4 is 34.1 Å². The van der Waals surface area contributed by atoms with Gasteiger partial charge in [0.15, 0.2) is 5.13 Å². The minimum absolute atomic E-state index is 0.200. The summed E-state index contributed by atoms with van der Waals surface area (Å²) in [5.41, 5.74) is -0.0233. The standard InChI is InChI=1S/C13H9F2N3O2S2/c1-6-12(21-3-2-16)22-13(17-6)18-11(20)10-8(15)4-7(14)5-9(10)19/h4-5,19H,3H2,1H3,(H,17,18,20). The lowest BCUT2D eigenvalue weighted by atomic mass is 10.1. The summed E-state index contributed by atoms with van der Waals surface area (Å²) < 4.78 is 27.3. The number of hydrogen-bond donors (Lipinski definition) is 2. The molecule has 1 aromatic heterocycles. The van der Waals surface area contributed by atoms with Crippen molar-refractivity contribution in [2.75, 3.05) is 11.1 Å². The molecule has 114 valence electrons.